The maximum absolute atomic E-state index is 12.4. The van der Waals surface area contributed by atoms with E-state index in [4.69, 9.17) is 4.74 Å². The van der Waals surface area contributed by atoms with Crippen molar-refractivity contribution in [2.75, 3.05) is 7.11 Å². The van der Waals surface area contributed by atoms with Crippen LogP contribution in [-0.2, 0) is 12.8 Å². The van der Waals surface area contributed by atoms with Crippen molar-refractivity contribution in [3.63, 3.8) is 0 Å². The molecule has 1 aliphatic rings. The summed E-state index contributed by atoms with van der Waals surface area (Å²) in [6.07, 6.45) is 5.68. The van der Waals surface area contributed by atoms with Gasteiger partial charge in [0.1, 0.15) is 5.75 Å². The van der Waals surface area contributed by atoms with Gasteiger partial charge in [-0.25, -0.2) is 0 Å². The minimum absolute atomic E-state index is 0.280. The van der Waals surface area contributed by atoms with Gasteiger partial charge < -0.3 is 4.74 Å². The lowest BCUT2D eigenvalue weighted by atomic mass is 10.1. The molecule has 2 aromatic rings. The van der Waals surface area contributed by atoms with Gasteiger partial charge in [0, 0.05) is 4.88 Å². The maximum Gasteiger partial charge on any atom is 0.279 e. The Morgan fingerprint density at radius 2 is 1.80 bits per heavy atom. The van der Waals surface area contributed by atoms with Gasteiger partial charge in [-0.05, 0) is 56.4 Å². The van der Waals surface area contributed by atoms with E-state index in [2.05, 4.69) is 10.9 Å². The molecule has 1 aliphatic carbocycles. The van der Waals surface area contributed by atoms with Crippen LogP contribution in [0.3, 0.4) is 0 Å². The van der Waals surface area contributed by atoms with E-state index < -0.39 is 5.91 Å². The second-order valence-corrected chi connectivity index (χ2v) is 7.37. The Morgan fingerprint density at radius 3 is 2.60 bits per heavy atom. The highest BCUT2D eigenvalue weighted by Crippen LogP contribution is 2.28. The molecule has 1 aromatic carbocycles. The van der Waals surface area contributed by atoms with Gasteiger partial charge in [-0.3, -0.25) is 20.4 Å². The monoisotopic (exact) mass is 358 g/mol. The summed E-state index contributed by atoms with van der Waals surface area (Å²) in [4.78, 5) is 26.7. The highest BCUT2D eigenvalue weighted by Gasteiger charge is 2.18. The number of thiophene rings is 1. The first kappa shape index (κ1) is 17.5. The van der Waals surface area contributed by atoms with Crippen LogP contribution in [0.15, 0.2) is 24.3 Å². The third kappa shape index (κ3) is 4.02. The van der Waals surface area contributed by atoms with E-state index in [1.807, 2.05) is 19.1 Å². The molecule has 6 heteroatoms. The molecule has 0 radical (unpaired) electrons. The highest BCUT2D eigenvalue weighted by atomic mass is 32.1. The summed E-state index contributed by atoms with van der Waals surface area (Å²) < 4.78 is 5.21. The van der Waals surface area contributed by atoms with Crippen molar-refractivity contribution >= 4 is 23.2 Å². The SMILES string of the molecule is COc1ccc(C)cc1C(=O)NNC(=O)c1cc2c(s1)CCCCC2. The molecular weight excluding hydrogens is 336 g/mol. The van der Waals surface area contributed by atoms with Crippen LogP contribution >= 0.6 is 11.3 Å². The molecule has 1 heterocycles. The molecule has 5 nitrogen and oxygen atoms in total. The summed E-state index contributed by atoms with van der Waals surface area (Å²) >= 11 is 1.53. The topological polar surface area (TPSA) is 67.4 Å². The fraction of sp³-hybridized carbons (Fsp3) is 0.368. The molecule has 25 heavy (non-hydrogen) atoms. The van der Waals surface area contributed by atoms with Crippen molar-refractivity contribution < 1.29 is 14.3 Å². The zero-order valence-corrected chi connectivity index (χ0v) is 15.3. The molecule has 0 saturated carbocycles. The Labute approximate surface area is 151 Å². The number of hydrogen-bond donors (Lipinski definition) is 2. The fourth-order valence-electron chi connectivity index (χ4n) is 3.02. The third-order valence-corrected chi connectivity index (χ3v) is 5.60. The van der Waals surface area contributed by atoms with Gasteiger partial charge >= 0.3 is 0 Å². The Bertz CT molecular complexity index is 774. The fourth-order valence-corrected chi connectivity index (χ4v) is 4.17. The summed E-state index contributed by atoms with van der Waals surface area (Å²) in [6.45, 7) is 1.90. The third-order valence-electron chi connectivity index (χ3n) is 4.36. The lowest BCUT2D eigenvalue weighted by molar-refractivity contribution is 0.0847. The number of carbonyl (C=O) groups is 2. The first-order valence-corrected chi connectivity index (χ1v) is 9.27. The Hall–Kier alpha value is -2.34. The first-order valence-electron chi connectivity index (χ1n) is 8.45. The van der Waals surface area contributed by atoms with Crippen molar-refractivity contribution in [3.8, 4) is 5.75 Å². The van der Waals surface area contributed by atoms with E-state index in [1.165, 1.54) is 48.1 Å². The van der Waals surface area contributed by atoms with E-state index in [9.17, 15) is 9.59 Å². The van der Waals surface area contributed by atoms with E-state index in [0.29, 0.717) is 16.2 Å². The number of amides is 2. The standard InChI is InChI=1S/C19H22N2O3S/c1-12-8-9-15(24-2)14(10-12)18(22)20-21-19(23)17-11-13-6-4-3-5-7-16(13)25-17/h8-11H,3-7H2,1-2H3,(H,20,22)(H,21,23). The van der Waals surface area contributed by atoms with Crippen molar-refractivity contribution in [1.29, 1.82) is 0 Å². The molecule has 0 unspecified atom stereocenters. The minimum atomic E-state index is -0.396. The maximum atomic E-state index is 12.4. The lowest BCUT2D eigenvalue weighted by Crippen LogP contribution is -2.41. The zero-order chi connectivity index (χ0) is 17.8. The van der Waals surface area contributed by atoms with E-state index in [1.54, 1.807) is 12.1 Å². The van der Waals surface area contributed by atoms with Crippen LogP contribution in [-0.4, -0.2) is 18.9 Å². The Balaban J connectivity index is 1.66. The molecule has 2 amide bonds. The molecule has 0 saturated heterocycles. The molecule has 3 rings (SSSR count). The second kappa shape index (κ2) is 7.70. The molecule has 0 aliphatic heterocycles. The summed E-state index contributed by atoms with van der Waals surface area (Å²) in [5.41, 5.74) is 7.60. The summed E-state index contributed by atoms with van der Waals surface area (Å²) in [7, 11) is 1.51. The van der Waals surface area contributed by atoms with Crippen LogP contribution in [0.1, 0.15) is 55.3 Å². The molecule has 1 aromatic heterocycles. The summed E-state index contributed by atoms with van der Waals surface area (Å²) in [5.74, 6) is -0.203. The number of carbonyl (C=O) groups excluding carboxylic acids is 2. The number of aryl methyl sites for hydroxylation is 3. The van der Waals surface area contributed by atoms with Crippen molar-refractivity contribution in [2.45, 2.75) is 39.0 Å². The minimum Gasteiger partial charge on any atom is -0.496 e. The van der Waals surface area contributed by atoms with Gasteiger partial charge in [-0.1, -0.05) is 18.1 Å². The number of rotatable bonds is 3. The van der Waals surface area contributed by atoms with Crippen molar-refractivity contribution in [3.05, 3.63) is 50.7 Å². The summed E-state index contributed by atoms with van der Waals surface area (Å²) in [5, 5.41) is 0. The molecule has 0 spiro atoms. The molecular formula is C19H22N2O3S. The number of ether oxygens (including phenoxy) is 1. The van der Waals surface area contributed by atoms with Crippen molar-refractivity contribution in [1.82, 2.24) is 10.9 Å². The van der Waals surface area contributed by atoms with Crippen LogP contribution in [0.5, 0.6) is 5.75 Å². The average Bonchev–Trinajstić information content (AvgIpc) is 2.90. The van der Waals surface area contributed by atoms with Crippen LogP contribution in [0.25, 0.3) is 0 Å². The van der Waals surface area contributed by atoms with E-state index in [0.717, 1.165) is 18.4 Å². The predicted molar refractivity (Wildman–Crippen MR) is 98.2 cm³/mol. The number of hydrogen-bond acceptors (Lipinski definition) is 4. The number of fused-ring (bicyclic) bond motifs is 1. The average molecular weight is 358 g/mol. The van der Waals surface area contributed by atoms with Crippen LogP contribution < -0.4 is 15.6 Å². The normalized spacial score (nSPS) is 13.5. The zero-order valence-electron chi connectivity index (χ0n) is 14.5. The van der Waals surface area contributed by atoms with Gasteiger partial charge in [-0.2, -0.15) is 0 Å². The van der Waals surface area contributed by atoms with Crippen LogP contribution in [0.2, 0.25) is 0 Å². The number of benzene rings is 1. The van der Waals surface area contributed by atoms with Gasteiger partial charge in [0.2, 0.25) is 0 Å². The quantitative estimate of drug-likeness (QED) is 0.653. The van der Waals surface area contributed by atoms with Gasteiger partial charge in [0.05, 0.1) is 17.6 Å². The predicted octanol–water partition coefficient (Wildman–Crippen LogP) is 3.41. The second-order valence-electron chi connectivity index (χ2n) is 6.23. The van der Waals surface area contributed by atoms with E-state index >= 15 is 0 Å². The Morgan fingerprint density at radius 1 is 1.04 bits per heavy atom. The van der Waals surface area contributed by atoms with Gasteiger partial charge in [0.25, 0.3) is 11.8 Å². The smallest absolute Gasteiger partial charge is 0.279 e. The van der Waals surface area contributed by atoms with Crippen molar-refractivity contribution in [2.24, 2.45) is 0 Å². The molecule has 2 N–H and O–H groups in total. The molecule has 0 bridgehead atoms. The number of hydrazine groups is 1. The lowest BCUT2D eigenvalue weighted by Gasteiger charge is -2.10. The molecule has 132 valence electrons. The van der Waals surface area contributed by atoms with E-state index in [-0.39, 0.29) is 5.91 Å². The number of nitrogens with one attached hydrogen (secondary N) is 2. The number of methoxy groups -OCH3 is 1. The highest BCUT2D eigenvalue weighted by molar-refractivity contribution is 7.14. The molecule has 0 fully saturated rings. The first-order chi connectivity index (χ1) is 12.1. The van der Waals surface area contributed by atoms with Crippen LogP contribution in [0.4, 0.5) is 0 Å². The van der Waals surface area contributed by atoms with Gasteiger partial charge in [-0.15, -0.1) is 11.3 Å². The molecule has 0 atom stereocenters. The summed E-state index contributed by atoms with van der Waals surface area (Å²) in [6, 6.07) is 7.29. The van der Waals surface area contributed by atoms with Gasteiger partial charge in [0.15, 0.2) is 0 Å². The van der Waals surface area contributed by atoms with Crippen LogP contribution in [0, 0.1) is 6.92 Å². The Kier molecular flexibility index (Phi) is 5.38. The largest absolute Gasteiger partial charge is 0.496 e.